The van der Waals surface area contributed by atoms with Crippen LogP contribution in [-0.2, 0) is 0 Å². The van der Waals surface area contributed by atoms with Crippen LogP contribution in [0.15, 0.2) is 24.3 Å². The van der Waals surface area contributed by atoms with Crippen LogP contribution in [0.2, 0.25) is 0 Å². The second-order valence-corrected chi connectivity index (χ2v) is 5.97. The number of anilines is 1. The van der Waals surface area contributed by atoms with Crippen molar-refractivity contribution >= 4 is 24.0 Å². The number of alkyl halides is 1. The Kier molecular flexibility index (Phi) is 7.35. The lowest BCUT2D eigenvalue weighted by Crippen LogP contribution is -2.30. The van der Waals surface area contributed by atoms with Gasteiger partial charge in [-0.3, -0.25) is 4.79 Å². The monoisotopic (exact) mass is 383 g/mol. The van der Waals surface area contributed by atoms with E-state index in [4.69, 9.17) is 4.74 Å². The van der Waals surface area contributed by atoms with E-state index in [9.17, 15) is 9.18 Å². The van der Waals surface area contributed by atoms with Gasteiger partial charge in [-0.05, 0) is 45.0 Å². The van der Waals surface area contributed by atoms with E-state index in [1.807, 2.05) is 11.6 Å². The van der Waals surface area contributed by atoms with Gasteiger partial charge in [0.2, 0.25) is 0 Å². The summed E-state index contributed by atoms with van der Waals surface area (Å²) in [5.41, 5.74) is 1.64. The van der Waals surface area contributed by atoms with Crippen LogP contribution in [0.5, 0.6) is 5.75 Å². The molecule has 7 nitrogen and oxygen atoms in total. The van der Waals surface area contributed by atoms with Gasteiger partial charge in [-0.25, -0.2) is 9.07 Å². The summed E-state index contributed by atoms with van der Waals surface area (Å²) < 4.78 is 19.3. The maximum Gasteiger partial charge on any atom is 0.278 e. The number of piperidine rings is 1. The average Bonchev–Trinajstić information content (AvgIpc) is 3.02. The fraction of sp³-hybridized carbons (Fsp3) is 0.471. The molecular weight excluding hydrogens is 361 g/mol. The van der Waals surface area contributed by atoms with Crippen molar-refractivity contribution in [3.8, 4) is 5.75 Å². The Morgan fingerprint density at radius 1 is 1.42 bits per heavy atom. The van der Waals surface area contributed by atoms with Crippen molar-refractivity contribution in [1.29, 1.82) is 0 Å². The molecule has 0 radical (unpaired) electrons. The summed E-state index contributed by atoms with van der Waals surface area (Å²) in [6.45, 7) is 3.17. The molecule has 142 valence electrons. The Morgan fingerprint density at radius 3 is 2.92 bits per heavy atom. The second-order valence-electron chi connectivity index (χ2n) is 5.97. The SMILES string of the molecule is Cc1c(C(=O)Nc2cccc(OCCF)c2)nnn1C1CCNCC1.Cl. The number of ether oxygens (including phenoxy) is 1. The minimum Gasteiger partial charge on any atom is -0.491 e. The Balaban J connectivity index is 0.00000243. The van der Waals surface area contributed by atoms with E-state index in [0.717, 1.165) is 31.6 Å². The highest BCUT2D eigenvalue weighted by molar-refractivity contribution is 6.03. The lowest BCUT2D eigenvalue weighted by molar-refractivity contribution is 0.102. The second kappa shape index (κ2) is 9.49. The summed E-state index contributed by atoms with van der Waals surface area (Å²) in [6, 6.07) is 7.12. The molecule has 1 aliphatic heterocycles. The first-order chi connectivity index (χ1) is 12.2. The Morgan fingerprint density at radius 2 is 2.19 bits per heavy atom. The zero-order valence-corrected chi connectivity index (χ0v) is 15.4. The highest BCUT2D eigenvalue weighted by Crippen LogP contribution is 2.22. The van der Waals surface area contributed by atoms with E-state index in [1.165, 1.54) is 0 Å². The molecule has 2 aromatic rings. The first-order valence-corrected chi connectivity index (χ1v) is 8.41. The number of amides is 1. The minimum atomic E-state index is -0.560. The maximum atomic E-state index is 12.5. The van der Waals surface area contributed by atoms with Crippen molar-refractivity contribution in [3.05, 3.63) is 35.7 Å². The molecule has 0 bridgehead atoms. The zero-order valence-electron chi connectivity index (χ0n) is 14.6. The molecule has 0 saturated carbocycles. The van der Waals surface area contributed by atoms with Gasteiger partial charge in [-0.2, -0.15) is 0 Å². The minimum absolute atomic E-state index is 0. The first-order valence-electron chi connectivity index (χ1n) is 8.41. The third kappa shape index (κ3) is 4.70. The zero-order chi connectivity index (χ0) is 17.6. The van der Waals surface area contributed by atoms with E-state index in [2.05, 4.69) is 20.9 Å². The summed E-state index contributed by atoms with van der Waals surface area (Å²) in [7, 11) is 0. The van der Waals surface area contributed by atoms with Gasteiger partial charge in [0.15, 0.2) is 5.69 Å². The van der Waals surface area contributed by atoms with E-state index in [-0.39, 0.29) is 31.0 Å². The average molecular weight is 384 g/mol. The van der Waals surface area contributed by atoms with Gasteiger partial charge in [0.1, 0.15) is 19.0 Å². The van der Waals surface area contributed by atoms with E-state index >= 15 is 0 Å². The Hall–Kier alpha value is -2.19. The number of carbonyl (C=O) groups is 1. The standard InChI is InChI=1S/C17H22FN5O2.ClH/c1-12-16(21-22-23(12)14-5-8-19-9-6-14)17(24)20-13-3-2-4-15(11-13)25-10-7-18;/h2-4,11,14,19H,5-10H2,1H3,(H,20,24);1H. The number of benzene rings is 1. The predicted octanol–water partition coefficient (Wildman–Crippen LogP) is 2.53. The van der Waals surface area contributed by atoms with Crippen LogP contribution in [0.1, 0.15) is 35.1 Å². The number of rotatable bonds is 6. The van der Waals surface area contributed by atoms with Gasteiger partial charge in [-0.15, -0.1) is 17.5 Å². The van der Waals surface area contributed by atoms with Crippen molar-refractivity contribution < 1.29 is 13.9 Å². The normalized spacial score (nSPS) is 14.5. The van der Waals surface area contributed by atoms with Gasteiger partial charge in [0.05, 0.1) is 11.7 Å². The molecule has 0 aliphatic carbocycles. The van der Waals surface area contributed by atoms with E-state index in [1.54, 1.807) is 24.3 Å². The Labute approximate surface area is 157 Å². The van der Waals surface area contributed by atoms with Gasteiger partial charge >= 0.3 is 0 Å². The smallest absolute Gasteiger partial charge is 0.278 e. The molecule has 0 unspecified atom stereocenters. The molecule has 1 amide bonds. The van der Waals surface area contributed by atoms with Crippen molar-refractivity contribution in [1.82, 2.24) is 20.3 Å². The van der Waals surface area contributed by atoms with Crippen LogP contribution in [0.4, 0.5) is 10.1 Å². The molecule has 1 fully saturated rings. The molecular formula is C17H23ClFN5O2. The molecule has 9 heteroatoms. The molecule has 1 aromatic heterocycles. The molecule has 3 rings (SSSR count). The van der Waals surface area contributed by atoms with Crippen LogP contribution in [0, 0.1) is 6.92 Å². The fourth-order valence-electron chi connectivity index (χ4n) is 2.96. The van der Waals surface area contributed by atoms with Gasteiger partial charge in [0, 0.05) is 11.8 Å². The summed E-state index contributed by atoms with van der Waals surface area (Å²) in [4.78, 5) is 12.5. The molecule has 26 heavy (non-hydrogen) atoms. The van der Waals surface area contributed by atoms with Crippen molar-refractivity contribution in [2.24, 2.45) is 0 Å². The predicted molar refractivity (Wildman–Crippen MR) is 99.0 cm³/mol. The molecule has 2 N–H and O–H groups in total. The maximum absolute atomic E-state index is 12.5. The highest BCUT2D eigenvalue weighted by atomic mass is 35.5. The van der Waals surface area contributed by atoms with Gasteiger partial charge in [-0.1, -0.05) is 11.3 Å². The summed E-state index contributed by atoms with van der Waals surface area (Å²) in [5.74, 6) is 0.186. The lowest BCUT2D eigenvalue weighted by atomic mass is 10.1. The van der Waals surface area contributed by atoms with Crippen molar-refractivity contribution in [2.75, 3.05) is 31.7 Å². The number of nitrogens with zero attached hydrogens (tertiary/aromatic N) is 3. The number of nitrogens with one attached hydrogen (secondary N) is 2. The fourth-order valence-corrected chi connectivity index (χ4v) is 2.96. The summed E-state index contributed by atoms with van der Waals surface area (Å²) in [6.07, 6.45) is 1.94. The lowest BCUT2D eigenvalue weighted by Gasteiger charge is -2.23. The quantitative estimate of drug-likeness (QED) is 0.801. The number of aromatic nitrogens is 3. The third-order valence-electron chi connectivity index (χ3n) is 4.23. The van der Waals surface area contributed by atoms with Gasteiger partial charge in [0.25, 0.3) is 5.91 Å². The number of hydrogen-bond acceptors (Lipinski definition) is 5. The molecule has 2 heterocycles. The van der Waals surface area contributed by atoms with Crippen LogP contribution in [0.3, 0.4) is 0 Å². The Bertz CT molecular complexity index is 734. The van der Waals surface area contributed by atoms with Crippen LogP contribution in [0.25, 0.3) is 0 Å². The van der Waals surface area contributed by atoms with Crippen molar-refractivity contribution in [2.45, 2.75) is 25.8 Å². The van der Waals surface area contributed by atoms with E-state index < -0.39 is 6.67 Å². The van der Waals surface area contributed by atoms with Crippen LogP contribution < -0.4 is 15.4 Å². The third-order valence-corrected chi connectivity index (χ3v) is 4.23. The van der Waals surface area contributed by atoms with Gasteiger partial charge < -0.3 is 15.4 Å². The topological polar surface area (TPSA) is 81.1 Å². The number of halogens is 2. The van der Waals surface area contributed by atoms with E-state index in [0.29, 0.717) is 17.1 Å². The number of hydrogen-bond donors (Lipinski definition) is 2. The highest BCUT2D eigenvalue weighted by Gasteiger charge is 2.23. The summed E-state index contributed by atoms with van der Waals surface area (Å²) in [5, 5.41) is 14.3. The summed E-state index contributed by atoms with van der Waals surface area (Å²) >= 11 is 0. The first kappa shape index (κ1) is 20.1. The molecule has 1 saturated heterocycles. The van der Waals surface area contributed by atoms with Crippen molar-refractivity contribution in [3.63, 3.8) is 0 Å². The number of carbonyl (C=O) groups excluding carboxylic acids is 1. The molecule has 0 spiro atoms. The largest absolute Gasteiger partial charge is 0.491 e. The van der Waals surface area contributed by atoms with Crippen LogP contribution in [-0.4, -0.2) is 47.3 Å². The molecule has 1 aromatic carbocycles. The van der Waals surface area contributed by atoms with Crippen LogP contribution >= 0.6 is 12.4 Å². The molecule has 0 atom stereocenters. The molecule has 1 aliphatic rings.